The number of benzene rings is 2. The molecule has 4 rings (SSSR count). The molecular formula is C21H25NO. The van der Waals surface area contributed by atoms with Crippen molar-refractivity contribution in [3.8, 4) is 5.75 Å². The van der Waals surface area contributed by atoms with E-state index in [4.69, 9.17) is 4.74 Å². The van der Waals surface area contributed by atoms with E-state index in [2.05, 4.69) is 53.8 Å². The molecule has 23 heavy (non-hydrogen) atoms. The number of hydrogen-bond acceptors (Lipinski definition) is 2. The fourth-order valence-corrected chi connectivity index (χ4v) is 4.52. The Hall–Kier alpha value is -1.80. The lowest BCUT2D eigenvalue weighted by atomic mass is 9.71. The molecule has 1 heterocycles. The topological polar surface area (TPSA) is 21.3 Å². The molecule has 2 heteroatoms. The van der Waals surface area contributed by atoms with Gasteiger partial charge in [-0.15, -0.1) is 0 Å². The average molecular weight is 307 g/mol. The van der Waals surface area contributed by atoms with E-state index in [9.17, 15) is 0 Å². The van der Waals surface area contributed by atoms with Gasteiger partial charge in [0.05, 0.1) is 7.11 Å². The summed E-state index contributed by atoms with van der Waals surface area (Å²) in [5.74, 6) is 2.25. The Morgan fingerprint density at radius 1 is 1.04 bits per heavy atom. The maximum atomic E-state index is 5.69. The third-order valence-electron chi connectivity index (χ3n) is 5.63. The van der Waals surface area contributed by atoms with Crippen LogP contribution in [0.1, 0.15) is 47.8 Å². The normalized spacial score (nSPS) is 26.7. The average Bonchev–Trinajstić information content (AvgIpc) is 3.15. The van der Waals surface area contributed by atoms with Gasteiger partial charge in [-0.25, -0.2) is 0 Å². The zero-order chi connectivity index (χ0) is 15.6. The molecular weight excluding hydrogens is 282 g/mol. The highest BCUT2D eigenvalue weighted by atomic mass is 16.5. The van der Waals surface area contributed by atoms with Gasteiger partial charge in [-0.2, -0.15) is 0 Å². The number of hydrogen-bond donors (Lipinski definition) is 1. The fraction of sp³-hybridized carbons (Fsp3) is 0.429. The first-order valence-corrected chi connectivity index (χ1v) is 8.81. The molecule has 120 valence electrons. The van der Waals surface area contributed by atoms with Gasteiger partial charge in [-0.3, -0.25) is 0 Å². The SMILES string of the molecule is COc1cccc2c1CC(c1ccccc1)CC2[C@H]1CCCN1. The van der Waals surface area contributed by atoms with E-state index >= 15 is 0 Å². The van der Waals surface area contributed by atoms with Gasteiger partial charge >= 0.3 is 0 Å². The molecule has 3 atom stereocenters. The maximum Gasteiger partial charge on any atom is 0.122 e. The van der Waals surface area contributed by atoms with Gasteiger partial charge in [-0.1, -0.05) is 42.5 Å². The maximum absolute atomic E-state index is 5.69. The summed E-state index contributed by atoms with van der Waals surface area (Å²) < 4.78 is 5.69. The molecule has 2 nitrogen and oxygen atoms in total. The van der Waals surface area contributed by atoms with Crippen LogP contribution in [0.25, 0.3) is 0 Å². The Bertz CT molecular complexity index is 661. The van der Waals surface area contributed by atoms with Crippen molar-refractivity contribution in [1.29, 1.82) is 0 Å². The van der Waals surface area contributed by atoms with Crippen LogP contribution in [-0.4, -0.2) is 19.7 Å². The summed E-state index contributed by atoms with van der Waals surface area (Å²) >= 11 is 0. The highest BCUT2D eigenvalue weighted by Gasteiger charge is 2.35. The van der Waals surface area contributed by atoms with Crippen LogP contribution < -0.4 is 10.1 Å². The van der Waals surface area contributed by atoms with Gasteiger partial charge in [0.25, 0.3) is 0 Å². The standard InChI is InChI=1S/C21H25NO/c1-23-21-11-5-9-17-18(20-10-6-12-22-20)13-16(14-19(17)21)15-7-3-2-4-8-15/h2-5,7-9,11,16,18,20,22H,6,10,12-14H2,1H3/t16?,18?,20-/m1/s1. The summed E-state index contributed by atoms with van der Waals surface area (Å²) in [4.78, 5) is 0. The lowest BCUT2D eigenvalue weighted by molar-refractivity contribution is 0.376. The van der Waals surface area contributed by atoms with E-state index in [1.807, 2.05) is 0 Å². The van der Waals surface area contributed by atoms with Crippen LogP contribution in [0.2, 0.25) is 0 Å². The van der Waals surface area contributed by atoms with Crippen molar-refractivity contribution < 1.29 is 4.74 Å². The van der Waals surface area contributed by atoms with Gasteiger partial charge in [0, 0.05) is 12.0 Å². The van der Waals surface area contributed by atoms with Crippen molar-refractivity contribution in [3.05, 3.63) is 65.2 Å². The molecule has 0 spiro atoms. The first-order chi connectivity index (χ1) is 11.4. The van der Waals surface area contributed by atoms with E-state index in [-0.39, 0.29) is 0 Å². The van der Waals surface area contributed by atoms with Gasteiger partial charge in [0.15, 0.2) is 0 Å². The second kappa shape index (κ2) is 6.37. The number of methoxy groups -OCH3 is 1. The molecule has 1 aliphatic carbocycles. The molecule has 1 saturated heterocycles. The monoisotopic (exact) mass is 307 g/mol. The molecule has 2 aromatic carbocycles. The molecule has 0 saturated carbocycles. The van der Waals surface area contributed by atoms with Crippen molar-refractivity contribution in [3.63, 3.8) is 0 Å². The van der Waals surface area contributed by atoms with E-state index in [0.29, 0.717) is 17.9 Å². The second-order valence-electron chi connectivity index (χ2n) is 6.88. The highest BCUT2D eigenvalue weighted by molar-refractivity contribution is 5.46. The molecule has 2 aromatic rings. The van der Waals surface area contributed by atoms with Crippen LogP contribution >= 0.6 is 0 Å². The summed E-state index contributed by atoms with van der Waals surface area (Å²) in [5, 5.41) is 3.74. The second-order valence-corrected chi connectivity index (χ2v) is 6.88. The summed E-state index contributed by atoms with van der Waals surface area (Å²) in [7, 11) is 1.80. The van der Waals surface area contributed by atoms with Crippen LogP contribution in [0.4, 0.5) is 0 Å². The van der Waals surface area contributed by atoms with Gasteiger partial charge in [0.1, 0.15) is 5.75 Å². The smallest absolute Gasteiger partial charge is 0.122 e. The molecule has 0 aromatic heterocycles. The molecule has 1 aliphatic heterocycles. The number of fused-ring (bicyclic) bond motifs is 1. The van der Waals surface area contributed by atoms with Crippen molar-refractivity contribution >= 4 is 0 Å². The lowest BCUT2D eigenvalue weighted by Gasteiger charge is -2.36. The Balaban J connectivity index is 1.75. The van der Waals surface area contributed by atoms with Crippen LogP contribution in [0.3, 0.4) is 0 Å². The molecule has 1 N–H and O–H groups in total. The summed E-state index contributed by atoms with van der Waals surface area (Å²) in [5.41, 5.74) is 4.40. The van der Waals surface area contributed by atoms with Gasteiger partial charge in [-0.05, 0) is 60.9 Å². The van der Waals surface area contributed by atoms with Crippen molar-refractivity contribution in [2.75, 3.05) is 13.7 Å². The van der Waals surface area contributed by atoms with E-state index in [1.54, 1.807) is 7.11 Å². The molecule has 1 fully saturated rings. The van der Waals surface area contributed by atoms with Crippen LogP contribution in [-0.2, 0) is 6.42 Å². The quantitative estimate of drug-likeness (QED) is 0.915. The Morgan fingerprint density at radius 3 is 2.65 bits per heavy atom. The van der Waals surface area contributed by atoms with Crippen molar-refractivity contribution in [2.45, 2.75) is 43.6 Å². The van der Waals surface area contributed by atoms with E-state index < -0.39 is 0 Å². The summed E-state index contributed by atoms with van der Waals surface area (Å²) in [6, 6.07) is 18.2. The largest absolute Gasteiger partial charge is 0.496 e. The summed E-state index contributed by atoms with van der Waals surface area (Å²) in [6.07, 6.45) is 4.92. The predicted molar refractivity (Wildman–Crippen MR) is 94.3 cm³/mol. The molecule has 0 radical (unpaired) electrons. The molecule has 2 aliphatic rings. The zero-order valence-corrected chi connectivity index (χ0v) is 13.8. The molecule has 2 unspecified atom stereocenters. The van der Waals surface area contributed by atoms with Gasteiger partial charge in [0.2, 0.25) is 0 Å². The van der Waals surface area contributed by atoms with Crippen molar-refractivity contribution in [2.24, 2.45) is 0 Å². The molecule has 0 amide bonds. The van der Waals surface area contributed by atoms with E-state index in [1.165, 1.54) is 36.0 Å². The Labute approximate surface area is 138 Å². The minimum Gasteiger partial charge on any atom is -0.496 e. The Kier molecular flexibility index (Phi) is 4.09. The van der Waals surface area contributed by atoms with Crippen LogP contribution in [0.15, 0.2) is 48.5 Å². The van der Waals surface area contributed by atoms with E-state index in [0.717, 1.165) is 18.7 Å². The Morgan fingerprint density at radius 2 is 1.91 bits per heavy atom. The predicted octanol–water partition coefficient (Wildman–Crippen LogP) is 4.26. The molecule has 0 bridgehead atoms. The third-order valence-corrected chi connectivity index (χ3v) is 5.63. The van der Waals surface area contributed by atoms with Gasteiger partial charge < -0.3 is 10.1 Å². The lowest BCUT2D eigenvalue weighted by Crippen LogP contribution is -2.33. The zero-order valence-electron chi connectivity index (χ0n) is 13.8. The fourth-order valence-electron chi connectivity index (χ4n) is 4.52. The third kappa shape index (κ3) is 2.76. The van der Waals surface area contributed by atoms with Crippen LogP contribution in [0, 0.1) is 0 Å². The highest BCUT2D eigenvalue weighted by Crippen LogP contribution is 2.45. The minimum absolute atomic E-state index is 0.590. The number of ether oxygens (including phenoxy) is 1. The number of rotatable bonds is 3. The first-order valence-electron chi connectivity index (χ1n) is 8.81. The minimum atomic E-state index is 0.590. The van der Waals surface area contributed by atoms with Crippen LogP contribution in [0.5, 0.6) is 5.75 Å². The number of nitrogens with one attached hydrogen (secondary N) is 1. The summed E-state index contributed by atoms with van der Waals surface area (Å²) in [6.45, 7) is 1.16. The van der Waals surface area contributed by atoms with Crippen molar-refractivity contribution in [1.82, 2.24) is 5.32 Å². The first kappa shape index (κ1) is 14.8.